The molecule has 0 heterocycles. The van der Waals surface area contributed by atoms with Gasteiger partial charge in [-0.15, -0.1) is 0 Å². The quantitative estimate of drug-likeness (QED) is 0.384. The van der Waals surface area contributed by atoms with Crippen molar-refractivity contribution in [1.82, 2.24) is 4.90 Å². The van der Waals surface area contributed by atoms with Crippen molar-refractivity contribution in [3.05, 3.63) is 71.0 Å². The van der Waals surface area contributed by atoms with E-state index in [-0.39, 0.29) is 5.84 Å². The third kappa shape index (κ3) is 4.03. The van der Waals surface area contributed by atoms with E-state index in [4.69, 9.17) is 10.9 Å². The molecule has 2 rings (SSSR count). The lowest BCUT2D eigenvalue weighted by molar-refractivity contribution is 0.315. The molecule has 0 spiro atoms. The second-order valence-corrected chi connectivity index (χ2v) is 4.94. The van der Waals surface area contributed by atoms with Gasteiger partial charge >= 0.3 is 0 Å². The van der Waals surface area contributed by atoms with E-state index in [2.05, 4.69) is 10.1 Å². The van der Waals surface area contributed by atoms with Gasteiger partial charge in [-0.05, 0) is 30.3 Å². The summed E-state index contributed by atoms with van der Waals surface area (Å²) in [5.41, 5.74) is 8.02. The summed E-state index contributed by atoms with van der Waals surface area (Å²) in [6.07, 6.45) is 0. The van der Waals surface area contributed by atoms with Crippen molar-refractivity contribution >= 4 is 5.84 Å². The molecular formula is C16H18FN3O. The molecule has 0 amide bonds. The summed E-state index contributed by atoms with van der Waals surface area (Å²) < 4.78 is 13.3. The number of hydrogen-bond acceptors (Lipinski definition) is 3. The van der Waals surface area contributed by atoms with Crippen molar-refractivity contribution in [2.45, 2.75) is 13.1 Å². The minimum absolute atomic E-state index is 0.0855. The van der Waals surface area contributed by atoms with E-state index in [0.717, 1.165) is 12.1 Å². The van der Waals surface area contributed by atoms with Crippen LogP contribution >= 0.6 is 0 Å². The molecule has 0 atom stereocenters. The summed E-state index contributed by atoms with van der Waals surface area (Å²) in [4.78, 5) is 2.08. The van der Waals surface area contributed by atoms with E-state index in [1.54, 1.807) is 6.07 Å². The second-order valence-electron chi connectivity index (χ2n) is 4.94. The normalized spacial score (nSPS) is 11.9. The SMILES string of the molecule is CN(Cc1ccccc1)Cc1ccc(F)cc1C(N)=NO. The molecule has 0 fully saturated rings. The number of hydrogen-bond donors (Lipinski definition) is 2. The van der Waals surface area contributed by atoms with Crippen molar-refractivity contribution in [2.75, 3.05) is 7.05 Å². The van der Waals surface area contributed by atoms with Crippen LogP contribution in [0.25, 0.3) is 0 Å². The van der Waals surface area contributed by atoms with E-state index in [1.807, 2.05) is 37.4 Å². The number of halogens is 1. The smallest absolute Gasteiger partial charge is 0.170 e. The van der Waals surface area contributed by atoms with Gasteiger partial charge in [0, 0.05) is 18.7 Å². The average molecular weight is 287 g/mol. The Hall–Kier alpha value is -2.40. The highest BCUT2D eigenvalue weighted by Crippen LogP contribution is 2.15. The van der Waals surface area contributed by atoms with Gasteiger partial charge in [-0.1, -0.05) is 41.6 Å². The predicted octanol–water partition coefficient (Wildman–Crippen LogP) is 2.55. The van der Waals surface area contributed by atoms with Gasteiger partial charge in [0.15, 0.2) is 5.84 Å². The lowest BCUT2D eigenvalue weighted by atomic mass is 10.1. The number of rotatable bonds is 5. The highest BCUT2D eigenvalue weighted by molar-refractivity contribution is 5.98. The van der Waals surface area contributed by atoms with Crippen LogP contribution in [0.1, 0.15) is 16.7 Å². The van der Waals surface area contributed by atoms with Crippen LogP contribution < -0.4 is 5.73 Å². The Labute approximate surface area is 123 Å². The van der Waals surface area contributed by atoms with E-state index in [0.29, 0.717) is 12.1 Å². The van der Waals surface area contributed by atoms with E-state index >= 15 is 0 Å². The van der Waals surface area contributed by atoms with Crippen LogP contribution in [0.5, 0.6) is 0 Å². The molecule has 3 N–H and O–H groups in total. The van der Waals surface area contributed by atoms with Gasteiger partial charge in [0.1, 0.15) is 5.82 Å². The van der Waals surface area contributed by atoms with Crippen molar-refractivity contribution in [1.29, 1.82) is 0 Å². The molecule has 0 aromatic heterocycles. The van der Waals surface area contributed by atoms with Crippen molar-refractivity contribution in [3.63, 3.8) is 0 Å². The zero-order chi connectivity index (χ0) is 15.2. The minimum Gasteiger partial charge on any atom is -0.409 e. The molecule has 0 unspecified atom stereocenters. The Morgan fingerprint density at radius 2 is 1.90 bits per heavy atom. The van der Waals surface area contributed by atoms with Crippen LogP contribution in [0, 0.1) is 5.82 Å². The fourth-order valence-electron chi connectivity index (χ4n) is 2.22. The van der Waals surface area contributed by atoms with Gasteiger partial charge in [-0.3, -0.25) is 4.90 Å². The van der Waals surface area contributed by atoms with E-state index in [9.17, 15) is 4.39 Å². The maximum Gasteiger partial charge on any atom is 0.170 e. The van der Waals surface area contributed by atoms with Gasteiger partial charge in [0.05, 0.1) is 0 Å². The predicted molar refractivity (Wildman–Crippen MR) is 80.5 cm³/mol. The van der Waals surface area contributed by atoms with Gasteiger partial charge in [0.25, 0.3) is 0 Å². The summed E-state index contributed by atoms with van der Waals surface area (Å²) in [7, 11) is 1.96. The van der Waals surface area contributed by atoms with Crippen molar-refractivity contribution < 1.29 is 9.60 Å². The standard InChI is InChI=1S/C16H18FN3O/c1-20(10-12-5-3-2-4-6-12)11-13-7-8-14(17)9-15(13)16(18)19-21/h2-9,21H,10-11H2,1H3,(H2,18,19). The number of amidine groups is 1. The fourth-order valence-corrected chi connectivity index (χ4v) is 2.22. The van der Waals surface area contributed by atoms with E-state index < -0.39 is 5.82 Å². The fraction of sp³-hybridized carbons (Fsp3) is 0.188. The molecule has 110 valence electrons. The van der Waals surface area contributed by atoms with Crippen LogP contribution in [0.3, 0.4) is 0 Å². The Kier molecular flexibility index (Phi) is 4.90. The molecule has 0 saturated heterocycles. The molecule has 0 bridgehead atoms. The summed E-state index contributed by atoms with van der Waals surface area (Å²) in [5, 5.41) is 11.8. The van der Waals surface area contributed by atoms with Crippen LogP contribution in [0.2, 0.25) is 0 Å². The molecule has 2 aromatic carbocycles. The van der Waals surface area contributed by atoms with Gasteiger partial charge < -0.3 is 10.9 Å². The molecule has 0 aliphatic carbocycles. The number of oxime groups is 1. The first-order chi connectivity index (χ1) is 10.1. The Bertz CT molecular complexity index is 629. The lowest BCUT2D eigenvalue weighted by Crippen LogP contribution is -2.22. The Morgan fingerprint density at radius 3 is 2.57 bits per heavy atom. The minimum atomic E-state index is -0.411. The highest BCUT2D eigenvalue weighted by atomic mass is 19.1. The van der Waals surface area contributed by atoms with Gasteiger partial charge in [-0.25, -0.2) is 4.39 Å². The molecular weight excluding hydrogens is 269 g/mol. The third-order valence-electron chi connectivity index (χ3n) is 3.19. The lowest BCUT2D eigenvalue weighted by Gasteiger charge is -2.18. The van der Waals surface area contributed by atoms with Crippen LogP contribution in [-0.2, 0) is 13.1 Å². The maximum atomic E-state index is 13.3. The molecule has 0 radical (unpaired) electrons. The molecule has 21 heavy (non-hydrogen) atoms. The van der Waals surface area contributed by atoms with Gasteiger partial charge in [-0.2, -0.15) is 0 Å². The summed E-state index contributed by atoms with van der Waals surface area (Å²) in [5.74, 6) is -0.497. The number of benzene rings is 2. The molecule has 0 aliphatic rings. The Balaban J connectivity index is 2.15. The van der Waals surface area contributed by atoms with Crippen molar-refractivity contribution in [3.8, 4) is 0 Å². The molecule has 2 aromatic rings. The molecule has 0 aliphatic heterocycles. The van der Waals surface area contributed by atoms with E-state index in [1.165, 1.54) is 17.7 Å². The molecule has 5 heteroatoms. The summed E-state index contributed by atoms with van der Waals surface area (Å²) >= 11 is 0. The Morgan fingerprint density at radius 1 is 1.19 bits per heavy atom. The van der Waals surface area contributed by atoms with Crippen LogP contribution in [-0.4, -0.2) is 23.0 Å². The maximum absolute atomic E-state index is 13.3. The first-order valence-electron chi connectivity index (χ1n) is 6.59. The topological polar surface area (TPSA) is 61.8 Å². The monoisotopic (exact) mass is 287 g/mol. The summed E-state index contributed by atoms with van der Waals surface area (Å²) in [6.45, 7) is 1.33. The highest BCUT2D eigenvalue weighted by Gasteiger charge is 2.11. The van der Waals surface area contributed by atoms with Crippen molar-refractivity contribution in [2.24, 2.45) is 10.9 Å². The largest absolute Gasteiger partial charge is 0.409 e. The molecule has 4 nitrogen and oxygen atoms in total. The first kappa shape index (κ1) is 15.0. The summed E-state index contributed by atoms with van der Waals surface area (Å²) in [6, 6.07) is 14.4. The van der Waals surface area contributed by atoms with Crippen LogP contribution in [0.4, 0.5) is 4.39 Å². The average Bonchev–Trinajstić information content (AvgIpc) is 2.49. The molecule has 0 saturated carbocycles. The zero-order valence-corrected chi connectivity index (χ0v) is 11.8. The zero-order valence-electron chi connectivity index (χ0n) is 11.8. The number of nitrogens with two attached hydrogens (primary N) is 1. The first-order valence-corrected chi connectivity index (χ1v) is 6.59. The number of nitrogens with zero attached hydrogens (tertiary/aromatic N) is 2. The van der Waals surface area contributed by atoms with Gasteiger partial charge in [0.2, 0.25) is 0 Å². The second kappa shape index (κ2) is 6.85. The third-order valence-corrected chi connectivity index (χ3v) is 3.19. The van der Waals surface area contributed by atoms with Crippen LogP contribution in [0.15, 0.2) is 53.7 Å².